The van der Waals surface area contributed by atoms with Crippen LogP contribution in [0.5, 0.6) is 5.75 Å². The molecule has 13 heavy (non-hydrogen) atoms. The van der Waals surface area contributed by atoms with Crippen molar-refractivity contribution >= 4 is 0 Å². The first-order valence-corrected chi connectivity index (χ1v) is 3.26. The monoisotopic (exact) mass is 195 g/mol. The summed E-state index contributed by atoms with van der Waals surface area (Å²) >= 11 is 0. The highest BCUT2D eigenvalue weighted by Gasteiger charge is 2.41. The molecule has 0 aromatic carbocycles. The van der Waals surface area contributed by atoms with E-state index in [-0.39, 0.29) is 0 Å². The quantitative estimate of drug-likeness (QED) is 0.697. The Kier molecular flexibility index (Phi) is 2.40. The highest BCUT2D eigenvalue weighted by molar-refractivity contribution is 5.24. The van der Waals surface area contributed by atoms with Crippen molar-refractivity contribution in [1.82, 2.24) is 4.98 Å². The van der Waals surface area contributed by atoms with Crippen molar-refractivity contribution in [3.05, 3.63) is 24.0 Å². The van der Waals surface area contributed by atoms with Gasteiger partial charge in [-0.25, -0.2) is 4.39 Å². The number of alkyl halides is 4. The first-order chi connectivity index (χ1) is 5.91. The molecule has 1 rings (SSSR count). The molecule has 1 atom stereocenters. The van der Waals surface area contributed by atoms with Crippen LogP contribution in [0.2, 0.25) is 0 Å². The minimum absolute atomic E-state index is 0.496. The second-order valence-corrected chi connectivity index (χ2v) is 2.38. The molecule has 0 amide bonds. The average molecular weight is 195 g/mol. The fourth-order valence-corrected chi connectivity index (χ4v) is 0.773. The minimum Gasteiger partial charge on any atom is -0.506 e. The number of nitrogens with zero attached hydrogens (tertiary/aromatic N) is 1. The third-order valence-electron chi connectivity index (χ3n) is 1.32. The van der Waals surface area contributed by atoms with Crippen molar-refractivity contribution < 1.29 is 22.7 Å². The summed E-state index contributed by atoms with van der Waals surface area (Å²) in [5.41, 5.74) is -0.701. The molecule has 1 N–H and O–H groups in total. The molecule has 0 saturated carbocycles. The van der Waals surface area contributed by atoms with Gasteiger partial charge in [-0.2, -0.15) is 13.2 Å². The molecule has 0 aliphatic rings. The SMILES string of the molecule is Oc1cncc(C(F)C(F)(F)F)c1. The Morgan fingerprint density at radius 3 is 2.38 bits per heavy atom. The number of pyridine rings is 1. The van der Waals surface area contributed by atoms with Gasteiger partial charge >= 0.3 is 6.18 Å². The Labute approximate surface area is 70.8 Å². The van der Waals surface area contributed by atoms with E-state index in [0.29, 0.717) is 6.07 Å². The number of hydrogen-bond donors (Lipinski definition) is 1. The fourth-order valence-electron chi connectivity index (χ4n) is 0.773. The molecule has 1 aromatic rings. The Hall–Kier alpha value is -1.33. The molecule has 2 nitrogen and oxygen atoms in total. The van der Waals surface area contributed by atoms with Gasteiger partial charge in [0.25, 0.3) is 0 Å². The number of aromatic nitrogens is 1. The molecule has 72 valence electrons. The Balaban J connectivity index is 2.96. The van der Waals surface area contributed by atoms with Crippen molar-refractivity contribution in [2.45, 2.75) is 12.3 Å². The van der Waals surface area contributed by atoms with Gasteiger partial charge in [0.1, 0.15) is 5.75 Å². The molecule has 0 aliphatic heterocycles. The molecule has 0 fully saturated rings. The molecule has 1 unspecified atom stereocenters. The highest BCUT2D eigenvalue weighted by Crippen LogP contribution is 2.36. The van der Waals surface area contributed by atoms with Gasteiger partial charge in [-0.15, -0.1) is 0 Å². The zero-order chi connectivity index (χ0) is 10.1. The van der Waals surface area contributed by atoms with Gasteiger partial charge in [-0.05, 0) is 6.07 Å². The smallest absolute Gasteiger partial charge is 0.423 e. The molecule has 0 bridgehead atoms. The average Bonchev–Trinajstić information content (AvgIpc) is 2.01. The first-order valence-electron chi connectivity index (χ1n) is 3.26. The molecule has 1 heterocycles. The normalized spacial score (nSPS) is 14.2. The van der Waals surface area contributed by atoms with Crippen molar-refractivity contribution in [3.63, 3.8) is 0 Å². The lowest BCUT2D eigenvalue weighted by Gasteiger charge is -2.11. The van der Waals surface area contributed by atoms with E-state index in [1.165, 1.54) is 0 Å². The summed E-state index contributed by atoms with van der Waals surface area (Å²) in [6, 6.07) is 0.686. The van der Waals surface area contributed by atoms with Gasteiger partial charge < -0.3 is 5.11 Å². The van der Waals surface area contributed by atoms with Gasteiger partial charge in [-0.1, -0.05) is 0 Å². The molecule has 0 spiro atoms. The fraction of sp³-hybridized carbons (Fsp3) is 0.286. The van der Waals surface area contributed by atoms with Gasteiger partial charge in [-0.3, -0.25) is 4.98 Å². The zero-order valence-electron chi connectivity index (χ0n) is 6.22. The Morgan fingerprint density at radius 2 is 1.92 bits per heavy atom. The van der Waals surface area contributed by atoms with Crippen molar-refractivity contribution in [2.24, 2.45) is 0 Å². The van der Waals surface area contributed by atoms with Crippen LogP contribution in [-0.4, -0.2) is 16.3 Å². The highest BCUT2D eigenvalue weighted by atomic mass is 19.4. The second kappa shape index (κ2) is 3.20. The summed E-state index contributed by atoms with van der Waals surface area (Å²) in [7, 11) is 0. The summed E-state index contributed by atoms with van der Waals surface area (Å²) in [4.78, 5) is 3.23. The predicted molar refractivity (Wildman–Crippen MR) is 35.8 cm³/mol. The zero-order valence-corrected chi connectivity index (χ0v) is 6.22. The minimum atomic E-state index is -4.96. The van der Waals surface area contributed by atoms with Crippen LogP contribution >= 0.6 is 0 Å². The largest absolute Gasteiger partial charge is 0.506 e. The van der Waals surface area contributed by atoms with E-state index in [0.717, 1.165) is 12.4 Å². The summed E-state index contributed by atoms with van der Waals surface area (Å²) in [5, 5.41) is 8.73. The van der Waals surface area contributed by atoms with Gasteiger partial charge in [0, 0.05) is 11.8 Å². The van der Waals surface area contributed by atoms with Crippen LogP contribution in [0, 0.1) is 0 Å². The maximum atomic E-state index is 12.5. The lowest BCUT2D eigenvalue weighted by molar-refractivity contribution is -0.182. The van der Waals surface area contributed by atoms with Crippen LogP contribution in [-0.2, 0) is 0 Å². The van der Waals surface area contributed by atoms with E-state index in [2.05, 4.69) is 4.98 Å². The number of aromatic hydroxyl groups is 1. The molecule has 1 aromatic heterocycles. The van der Waals surface area contributed by atoms with Crippen LogP contribution in [0.25, 0.3) is 0 Å². The summed E-state index contributed by atoms with van der Waals surface area (Å²) in [5.74, 6) is -0.496. The first kappa shape index (κ1) is 9.76. The van der Waals surface area contributed by atoms with E-state index >= 15 is 0 Å². The van der Waals surface area contributed by atoms with Gasteiger partial charge in [0.15, 0.2) is 0 Å². The lowest BCUT2D eigenvalue weighted by atomic mass is 10.2. The topological polar surface area (TPSA) is 33.1 Å². The summed E-state index contributed by atoms with van der Waals surface area (Å²) < 4.78 is 47.9. The molecular weight excluding hydrogens is 190 g/mol. The lowest BCUT2D eigenvalue weighted by Crippen LogP contribution is -2.16. The summed E-state index contributed by atoms with van der Waals surface area (Å²) in [6.07, 6.45) is -6.42. The number of halogens is 4. The second-order valence-electron chi connectivity index (χ2n) is 2.38. The molecule has 0 aliphatic carbocycles. The maximum Gasteiger partial charge on any atom is 0.423 e. The van der Waals surface area contributed by atoms with Crippen molar-refractivity contribution in [2.75, 3.05) is 0 Å². The van der Waals surface area contributed by atoms with Crippen molar-refractivity contribution in [3.8, 4) is 5.75 Å². The van der Waals surface area contributed by atoms with Crippen molar-refractivity contribution in [1.29, 1.82) is 0 Å². The number of hydrogen-bond acceptors (Lipinski definition) is 2. The Bertz CT molecular complexity index is 299. The molecule has 6 heteroatoms. The molecule has 0 radical (unpaired) electrons. The molecular formula is C7H5F4NO. The van der Waals surface area contributed by atoms with E-state index in [9.17, 15) is 17.6 Å². The summed E-state index contributed by atoms with van der Waals surface area (Å²) in [6.45, 7) is 0. The molecule has 0 saturated heterocycles. The van der Waals surface area contributed by atoms with Crippen LogP contribution < -0.4 is 0 Å². The third-order valence-corrected chi connectivity index (χ3v) is 1.32. The van der Waals surface area contributed by atoms with E-state index in [1.54, 1.807) is 0 Å². The maximum absolute atomic E-state index is 12.5. The van der Waals surface area contributed by atoms with Crippen LogP contribution in [0.3, 0.4) is 0 Å². The van der Waals surface area contributed by atoms with Gasteiger partial charge in [0.05, 0.1) is 6.20 Å². The van der Waals surface area contributed by atoms with E-state index in [1.807, 2.05) is 0 Å². The van der Waals surface area contributed by atoms with Crippen LogP contribution in [0.4, 0.5) is 17.6 Å². The van der Waals surface area contributed by atoms with Crippen LogP contribution in [0.1, 0.15) is 11.7 Å². The number of rotatable bonds is 1. The predicted octanol–water partition coefficient (Wildman–Crippen LogP) is 2.36. The van der Waals surface area contributed by atoms with E-state index in [4.69, 9.17) is 5.11 Å². The third kappa shape index (κ3) is 2.30. The van der Waals surface area contributed by atoms with Crippen LogP contribution in [0.15, 0.2) is 18.5 Å². The van der Waals surface area contributed by atoms with Gasteiger partial charge in [0.2, 0.25) is 6.17 Å². The van der Waals surface area contributed by atoms with E-state index < -0.39 is 23.7 Å². The standard InChI is InChI=1S/C7H5F4NO/c8-6(7(9,10)11)4-1-5(13)3-12-2-4/h1-3,6,13H. The Morgan fingerprint density at radius 1 is 1.31 bits per heavy atom.